The van der Waals surface area contributed by atoms with E-state index in [2.05, 4.69) is 48.8 Å². The van der Waals surface area contributed by atoms with Crippen molar-refractivity contribution in [3.8, 4) is 0 Å². The molecule has 0 spiro atoms. The molecule has 2 amide bonds. The average Bonchev–Trinajstić information content (AvgIpc) is 0.757. The van der Waals surface area contributed by atoms with Crippen molar-refractivity contribution in [1.82, 2.24) is 10.6 Å². The van der Waals surface area contributed by atoms with Gasteiger partial charge in [-0.05, 0) is 44.9 Å². The maximum atomic E-state index is 13.5. The summed E-state index contributed by atoms with van der Waals surface area (Å²) in [7, 11) is 0. The van der Waals surface area contributed by atoms with Crippen molar-refractivity contribution in [2.24, 2.45) is 0 Å². The van der Waals surface area contributed by atoms with Crippen molar-refractivity contribution >= 4 is 17.8 Å². The summed E-state index contributed by atoms with van der Waals surface area (Å²) in [4.78, 5) is 38.7. The molecular formula is C76H140N2O21. The summed E-state index contributed by atoms with van der Waals surface area (Å²) in [6, 6.07) is -2.53. The lowest BCUT2D eigenvalue weighted by atomic mass is 9.88. The Balaban J connectivity index is 1.52. The molecular weight excluding hydrogens is 1280 g/mol. The lowest BCUT2D eigenvalue weighted by Gasteiger charge is -2.50. The number of aliphatic hydroxyl groups is 11. The number of aliphatic hydroxyl groups excluding tert-OH is 11. The van der Waals surface area contributed by atoms with Crippen molar-refractivity contribution in [2.45, 2.75) is 413 Å². The van der Waals surface area contributed by atoms with Crippen LogP contribution >= 0.6 is 0 Å². The molecule has 23 heteroatoms. The third-order valence-electron chi connectivity index (χ3n) is 19.9. The third-order valence-corrected chi connectivity index (χ3v) is 19.9. The molecule has 99 heavy (non-hydrogen) atoms. The van der Waals surface area contributed by atoms with Gasteiger partial charge in [-0.2, -0.15) is 0 Å². The first-order valence-corrected chi connectivity index (χ1v) is 39.2. The summed E-state index contributed by atoms with van der Waals surface area (Å²) in [5.74, 6) is -6.10. The molecule has 0 saturated carbocycles. The number of carboxylic acids is 1. The van der Waals surface area contributed by atoms with Gasteiger partial charge in [-0.3, -0.25) is 9.59 Å². The van der Waals surface area contributed by atoms with Gasteiger partial charge in [0.2, 0.25) is 11.8 Å². The Morgan fingerprint density at radius 3 is 1.41 bits per heavy atom. The Morgan fingerprint density at radius 1 is 0.525 bits per heavy atom. The van der Waals surface area contributed by atoms with Crippen LogP contribution in [0.15, 0.2) is 24.3 Å². The Labute approximate surface area is 594 Å². The number of unbranched alkanes of at least 4 members (excludes halogenated alkanes) is 37. The summed E-state index contributed by atoms with van der Waals surface area (Å²) < 4.78 is 34.9. The van der Waals surface area contributed by atoms with Gasteiger partial charge in [0.15, 0.2) is 12.6 Å². The fraction of sp³-hybridized carbons (Fsp3) is 0.908. The van der Waals surface area contributed by atoms with Crippen molar-refractivity contribution in [3.63, 3.8) is 0 Å². The number of amides is 2. The summed E-state index contributed by atoms with van der Waals surface area (Å²) in [5, 5.41) is 136. The Kier molecular flexibility index (Phi) is 50.8. The first kappa shape index (κ1) is 90.4. The van der Waals surface area contributed by atoms with E-state index in [4.69, 9.17) is 28.4 Å². The summed E-state index contributed by atoms with van der Waals surface area (Å²) >= 11 is 0. The van der Waals surface area contributed by atoms with Gasteiger partial charge in [0, 0.05) is 19.8 Å². The predicted molar refractivity (Wildman–Crippen MR) is 380 cm³/mol. The van der Waals surface area contributed by atoms with Crippen molar-refractivity contribution in [2.75, 3.05) is 26.4 Å². The number of nitrogens with one attached hydrogen (secondary N) is 2. The van der Waals surface area contributed by atoms with Gasteiger partial charge in [0.1, 0.15) is 67.1 Å². The van der Waals surface area contributed by atoms with Crippen molar-refractivity contribution in [1.29, 1.82) is 0 Å². The van der Waals surface area contributed by atoms with Crippen LogP contribution in [-0.4, -0.2) is 215 Å². The Morgan fingerprint density at radius 2 is 0.970 bits per heavy atom. The van der Waals surface area contributed by atoms with Crippen LogP contribution < -0.4 is 10.6 Å². The highest BCUT2D eigenvalue weighted by Crippen LogP contribution is 2.39. The van der Waals surface area contributed by atoms with Crippen LogP contribution in [0.5, 0.6) is 0 Å². The normalized spacial score (nSPS) is 27.2. The van der Waals surface area contributed by atoms with Crippen LogP contribution in [0.3, 0.4) is 0 Å². The maximum absolute atomic E-state index is 13.5. The molecule has 14 N–H and O–H groups in total. The van der Waals surface area contributed by atoms with E-state index in [1.54, 1.807) is 0 Å². The van der Waals surface area contributed by atoms with E-state index in [9.17, 15) is 75.7 Å². The quantitative estimate of drug-likeness (QED) is 0.0199. The molecule has 3 aliphatic rings. The minimum Gasteiger partial charge on any atom is -0.477 e. The van der Waals surface area contributed by atoms with Crippen LogP contribution in [0, 0.1) is 0 Å². The van der Waals surface area contributed by atoms with Gasteiger partial charge in [-0.1, -0.05) is 263 Å². The highest BCUT2D eigenvalue weighted by atomic mass is 16.8. The smallest absolute Gasteiger partial charge is 0.364 e. The third kappa shape index (κ3) is 36.7. The van der Waals surface area contributed by atoms with Gasteiger partial charge in [0.05, 0.1) is 50.7 Å². The second kappa shape index (κ2) is 55.7. The van der Waals surface area contributed by atoms with E-state index in [0.29, 0.717) is 19.3 Å². The molecule has 3 saturated heterocycles. The zero-order valence-electron chi connectivity index (χ0n) is 61.1. The summed E-state index contributed by atoms with van der Waals surface area (Å²) in [6.45, 7) is 2.24. The molecule has 0 aliphatic carbocycles. The minimum atomic E-state index is -3.08. The molecule has 0 aromatic rings. The molecule has 3 heterocycles. The molecule has 3 aliphatic heterocycles. The molecule has 3 fully saturated rings. The van der Waals surface area contributed by atoms with Gasteiger partial charge in [-0.15, -0.1) is 0 Å². The van der Waals surface area contributed by atoms with E-state index in [1.807, 2.05) is 0 Å². The van der Waals surface area contributed by atoms with Crippen molar-refractivity contribution < 1.29 is 104 Å². The molecule has 23 nitrogen and oxygen atoms in total. The largest absolute Gasteiger partial charge is 0.477 e. The van der Waals surface area contributed by atoms with E-state index >= 15 is 0 Å². The zero-order chi connectivity index (χ0) is 72.5. The number of aliphatic carboxylic acids is 1. The predicted octanol–water partition coefficient (Wildman–Crippen LogP) is 9.57. The molecule has 0 aromatic heterocycles. The molecule has 580 valence electrons. The fourth-order valence-corrected chi connectivity index (χ4v) is 13.7. The lowest BCUT2D eigenvalue weighted by molar-refractivity contribution is -0.386. The molecule has 0 radical (unpaired) electrons. The monoisotopic (exact) mass is 1420 g/mol. The number of carboxylic acid groups (broad SMARTS) is 1. The number of rotatable bonds is 61. The summed E-state index contributed by atoms with van der Waals surface area (Å²) in [6.07, 6.45) is 30.2. The van der Waals surface area contributed by atoms with Crippen LogP contribution in [0.2, 0.25) is 0 Å². The first-order valence-electron chi connectivity index (χ1n) is 39.2. The van der Waals surface area contributed by atoms with E-state index in [1.165, 1.54) is 186 Å². The van der Waals surface area contributed by atoms with Crippen LogP contribution in [0.1, 0.15) is 303 Å². The minimum absolute atomic E-state index is 0.222. The van der Waals surface area contributed by atoms with E-state index in [-0.39, 0.29) is 18.9 Å². The maximum Gasteiger partial charge on any atom is 0.364 e. The number of hydrogen-bond donors (Lipinski definition) is 14. The number of carbonyl (C=O) groups excluding carboxylic acids is 2. The Hall–Kier alpha value is -2.79. The van der Waals surface area contributed by atoms with Gasteiger partial charge in [-0.25, -0.2) is 4.79 Å². The Bertz CT molecular complexity index is 2080. The van der Waals surface area contributed by atoms with Crippen molar-refractivity contribution in [3.05, 3.63) is 24.3 Å². The number of ether oxygens (including phenoxy) is 6. The highest BCUT2D eigenvalue weighted by molar-refractivity contribution is 5.77. The van der Waals surface area contributed by atoms with Crippen LogP contribution in [0.4, 0.5) is 0 Å². The summed E-state index contributed by atoms with van der Waals surface area (Å²) in [5.41, 5.74) is 0. The molecule has 3 rings (SSSR count). The van der Waals surface area contributed by atoms with E-state index in [0.717, 1.165) is 71.1 Å². The van der Waals surface area contributed by atoms with Crippen LogP contribution in [0.25, 0.3) is 0 Å². The average molecular weight is 1420 g/mol. The number of carbonyl (C=O) groups is 3. The molecule has 0 bridgehead atoms. The topological polar surface area (TPSA) is 373 Å². The fourth-order valence-electron chi connectivity index (χ4n) is 13.7. The second-order valence-corrected chi connectivity index (χ2v) is 28.6. The van der Waals surface area contributed by atoms with Gasteiger partial charge in [0.25, 0.3) is 5.79 Å². The number of hydrogen-bond acceptors (Lipinski definition) is 20. The second-order valence-electron chi connectivity index (χ2n) is 28.6. The lowest BCUT2D eigenvalue weighted by Crippen LogP contribution is -2.70. The SMILES string of the molecule is CCCCCCCCCCC/C=C\C/C=C\CCCCCCCCCCCCCC(=O)NC(COC1OC(CO)C(OC2OC(CO)C(O)C(OC3(C(=O)O)CC(O)C(NC(C)=O)C(C(O)C(O)CO)O3)C2O)C(O)C1O)C(O)CCCCCCCCCCCCCCCCCCCC. The first-order chi connectivity index (χ1) is 47.9. The molecule has 18 unspecified atom stereocenters. The standard InChI is InChI=1S/C76H140N2O21/c1-4-6-8-10-12-14-16-18-20-22-24-25-26-27-28-29-30-31-32-34-36-38-40-42-44-46-48-50-63(86)78-57(58(83)49-47-45-43-41-39-37-35-33-23-21-19-17-15-13-11-9-7-5-2)55-94-73-68(90)67(89)70(62(54-81)96-73)97-74-69(91)72(66(88)61(53-80)95-74)99-76(75(92)93)51-59(84)64(77-56(3)82)71(98-76)65(87)60(85)52-79/h24-25,27-28,57-62,64-74,79-81,83-85,87-91H,4-23,26,29-55H2,1-3H3,(H,77,82)(H,78,86)(H,92,93)/b25-24-,28-27-. The van der Waals surface area contributed by atoms with Crippen LogP contribution in [-0.2, 0) is 42.8 Å². The number of allylic oxidation sites excluding steroid dienone is 4. The van der Waals surface area contributed by atoms with Gasteiger partial charge >= 0.3 is 5.97 Å². The van der Waals surface area contributed by atoms with Gasteiger partial charge < -0.3 is 100 Å². The highest BCUT2D eigenvalue weighted by Gasteiger charge is 2.60. The molecule has 18 atom stereocenters. The molecule has 0 aromatic carbocycles. The van der Waals surface area contributed by atoms with E-state index < -0.39 is 148 Å². The zero-order valence-corrected chi connectivity index (χ0v) is 61.1.